The summed E-state index contributed by atoms with van der Waals surface area (Å²) in [7, 11) is 1.71. The molecule has 3 rings (SSSR count). The second kappa shape index (κ2) is 8.79. The molecule has 7 heteroatoms. The number of anilines is 1. The predicted molar refractivity (Wildman–Crippen MR) is 110 cm³/mol. The lowest BCUT2D eigenvalue weighted by Crippen LogP contribution is -2.26. The molecule has 0 fully saturated rings. The van der Waals surface area contributed by atoms with Crippen molar-refractivity contribution in [1.29, 1.82) is 0 Å². The van der Waals surface area contributed by atoms with Crippen LogP contribution < -0.4 is 5.32 Å². The highest BCUT2D eigenvalue weighted by Gasteiger charge is 2.15. The van der Waals surface area contributed by atoms with Crippen molar-refractivity contribution in [2.24, 2.45) is 0 Å². The largest absolute Gasteiger partial charge is 0.337 e. The maximum atomic E-state index is 12.7. The molecule has 0 saturated carbocycles. The number of hydrogen-bond acceptors (Lipinski definition) is 4. The minimum absolute atomic E-state index is 0.163. The highest BCUT2D eigenvalue weighted by molar-refractivity contribution is 6.05. The van der Waals surface area contributed by atoms with E-state index in [1.807, 2.05) is 30.3 Å². The summed E-state index contributed by atoms with van der Waals surface area (Å²) >= 11 is 0. The Morgan fingerprint density at radius 1 is 0.931 bits per heavy atom. The van der Waals surface area contributed by atoms with Crippen LogP contribution in [0.15, 0.2) is 78.9 Å². The highest BCUT2D eigenvalue weighted by atomic mass is 16.6. The summed E-state index contributed by atoms with van der Waals surface area (Å²) in [6.07, 6.45) is 0. The number of nitro benzene ring substituents is 1. The van der Waals surface area contributed by atoms with Crippen LogP contribution in [0.2, 0.25) is 0 Å². The SMILES string of the molecule is CN(Cc1ccccc1)C(=O)c1cccc(NC(=O)c2cccc([N+](=O)[O-])c2)c1. The Kier molecular flexibility index (Phi) is 5.99. The third-order valence-electron chi connectivity index (χ3n) is 4.30. The lowest BCUT2D eigenvalue weighted by atomic mass is 10.1. The molecule has 1 N–H and O–H groups in total. The van der Waals surface area contributed by atoms with Crippen LogP contribution in [0.1, 0.15) is 26.3 Å². The standard InChI is InChI=1S/C22H19N3O4/c1-24(15-16-7-3-2-4-8-16)22(27)18-10-5-11-19(13-18)23-21(26)17-9-6-12-20(14-17)25(28)29/h2-14H,15H2,1H3,(H,23,26). The van der Waals surface area contributed by atoms with Crippen LogP contribution in [-0.2, 0) is 6.54 Å². The number of carbonyl (C=O) groups excluding carboxylic acids is 2. The molecular weight excluding hydrogens is 370 g/mol. The van der Waals surface area contributed by atoms with Gasteiger partial charge in [-0.1, -0.05) is 42.5 Å². The summed E-state index contributed by atoms with van der Waals surface area (Å²) in [5.41, 5.74) is 1.88. The zero-order valence-corrected chi connectivity index (χ0v) is 15.7. The van der Waals surface area contributed by atoms with Crippen molar-refractivity contribution in [2.75, 3.05) is 12.4 Å². The molecule has 0 atom stereocenters. The van der Waals surface area contributed by atoms with E-state index in [0.29, 0.717) is 17.8 Å². The predicted octanol–water partition coefficient (Wildman–Crippen LogP) is 4.12. The summed E-state index contributed by atoms with van der Waals surface area (Å²) in [6.45, 7) is 0.462. The minimum Gasteiger partial charge on any atom is -0.337 e. The van der Waals surface area contributed by atoms with Gasteiger partial charge >= 0.3 is 0 Å². The summed E-state index contributed by atoms with van der Waals surface area (Å²) in [6, 6.07) is 21.7. The van der Waals surface area contributed by atoms with Gasteiger partial charge in [-0.05, 0) is 29.8 Å². The summed E-state index contributed by atoms with van der Waals surface area (Å²) < 4.78 is 0. The molecule has 7 nitrogen and oxygen atoms in total. The highest BCUT2D eigenvalue weighted by Crippen LogP contribution is 2.17. The zero-order chi connectivity index (χ0) is 20.8. The maximum absolute atomic E-state index is 12.7. The van der Waals surface area contributed by atoms with Crippen molar-refractivity contribution in [1.82, 2.24) is 4.90 Å². The molecular formula is C22H19N3O4. The van der Waals surface area contributed by atoms with Gasteiger partial charge in [0.2, 0.25) is 0 Å². The van der Waals surface area contributed by atoms with E-state index in [0.717, 1.165) is 5.56 Å². The van der Waals surface area contributed by atoms with E-state index < -0.39 is 10.8 Å². The van der Waals surface area contributed by atoms with Crippen molar-refractivity contribution in [2.45, 2.75) is 6.54 Å². The van der Waals surface area contributed by atoms with Crippen LogP contribution in [0, 0.1) is 10.1 Å². The molecule has 0 heterocycles. The van der Waals surface area contributed by atoms with Gasteiger partial charge in [-0.25, -0.2) is 0 Å². The fourth-order valence-corrected chi connectivity index (χ4v) is 2.84. The van der Waals surface area contributed by atoms with Gasteiger partial charge in [0.05, 0.1) is 4.92 Å². The fraction of sp³-hybridized carbons (Fsp3) is 0.0909. The van der Waals surface area contributed by atoms with Gasteiger partial charge in [-0.3, -0.25) is 19.7 Å². The molecule has 29 heavy (non-hydrogen) atoms. The quantitative estimate of drug-likeness (QED) is 0.507. The summed E-state index contributed by atoms with van der Waals surface area (Å²) in [5, 5.41) is 13.6. The van der Waals surface area contributed by atoms with E-state index in [-0.39, 0.29) is 17.2 Å². The Morgan fingerprint density at radius 3 is 2.34 bits per heavy atom. The molecule has 0 saturated heterocycles. The number of hydrogen-bond donors (Lipinski definition) is 1. The van der Waals surface area contributed by atoms with Crippen LogP contribution in [0.25, 0.3) is 0 Å². The van der Waals surface area contributed by atoms with Crippen molar-refractivity contribution in [3.8, 4) is 0 Å². The van der Waals surface area contributed by atoms with Crippen molar-refractivity contribution < 1.29 is 14.5 Å². The van der Waals surface area contributed by atoms with Crippen molar-refractivity contribution in [3.05, 3.63) is 106 Å². The molecule has 0 bridgehead atoms. The molecule has 2 amide bonds. The molecule has 146 valence electrons. The van der Waals surface area contributed by atoms with E-state index >= 15 is 0 Å². The van der Waals surface area contributed by atoms with Gasteiger partial charge in [-0.15, -0.1) is 0 Å². The van der Waals surface area contributed by atoms with E-state index in [2.05, 4.69) is 5.32 Å². The second-order valence-corrected chi connectivity index (χ2v) is 6.49. The first-order valence-electron chi connectivity index (χ1n) is 8.89. The van der Waals surface area contributed by atoms with Gasteiger partial charge in [0, 0.05) is 42.5 Å². The number of carbonyl (C=O) groups is 2. The van der Waals surface area contributed by atoms with E-state index in [1.165, 1.54) is 24.3 Å². The van der Waals surface area contributed by atoms with E-state index in [1.54, 1.807) is 36.2 Å². The topological polar surface area (TPSA) is 92.6 Å². The molecule has 3 aromatic rings. The zero-order valence-electron chi connectivity index (χ0n) is 15.7. The summed E-state index contributed by atoms with van der Waals surface area (Å²) in [4.78, 5) is 37.0. The Bertz CT molecular complexity index is 1050. The molecule has 0 aliphatic heterocycles. The van der Waals surface area contributed by atoms with Gasteiger partial charge in [-0.2, -0.15) is 0 Å². The third-order valence-corrected chi connectivity index (χ3v) is 4.30. The first-order valence-corrected chi connectivity index (χ1v) is 8.89. The van der Waals surface area contributed by atoms with E-state index in [4.69, 9.17) is 0 Å². The Morgan fingerprint density at radius 2 is 1.62 bits per heavy atom. The minimum atomic E-state index is -0.557. The van der Waals surface area contributed by atoms with Crippen LogP contribution in [0.3, 0.4) is 0 Å². The molecule has 3 aromatic carbocycles. The normalized spacial score (nSPS) is 10.2. The number of non-ortho nitro benzene ring substituents is 1. The molecule has 0 unspecified atom stereocenters. The number of amides is 2. The summed E-state index contributed by atoms with van der Waals surface area (Å²) in [5.74, 6) is -0.670. The number of nitrogens with one attached hydrogen (secondary N) is 1. The molecule has 0 aliphatic rings. The lowest BCUT2D eigenvalue weighted by molar-refractivity contribution is -0.384. The molecule has 0 aliphatic carbocycles. The number of benzene rings is 3. The molecule has 0 aromatic heterocycles. The average molecular weight is 389 g/mol. The second-order valence-electron chi connectivity index (χ2n) is 6.49. The van der Waals surface area contributed by atoms with Gasteiger partial charge in [0.1, 0.15) is 0 Å². The first kappa shape index (κ1) is 19.8. The van der Waals surface area contributed by atoms with Crippen LogP contribution >= 0.6 is 0 Å². The number of nitrogens with zero attached hydrogens (tertiary/aromatic N) is 2. The Labute approximate surface area is 167 Å². The Balaban J connectivity index is 1.72. The smallest absolute Gasteiger partial charge is 0.270 e. The molecule has 0 radical (unpaired) electrons. The van der Waals surface area contributed by atoms with Crippen molar-refractivity contribution >= 4 is 23.2 Å². The monoisotopic (exact) mass is 389 g/mol. The van der Waals surface area contributed by atoms with Gasteiger partial charge in [0.15, 0.2) is 0 Å². The average Bonchev–Trinajstić information content (AvgIpc) is 2.74. The number of rotatable bonds is 6. The fourth-order valence-electron chi connectivity index (χ4n) is 2.84. The van der Waals surface area contributed by atoms with Crippen LogP contribution in [-0.4, -0.2) is 28.7 Å². The van der Waals surface area contributed by atoms with Gasteiger partial charge < -0.3 is 10.2 Å². The van der Waals surface area contributed by atoms with Crippen molar-refractivity contribution in [3.63, 3.8) is 0 Å². The van der Waals surface area contributed by atoms with E-state index in [9.17, 15) is 19.7 Å². The van der Waals surface area contributed by atoms with Gasteiger partial charge in [0.25, 0.3) is 17.5 Å². The maximum Gasteiger partial charge on any atom is 0.270 e. The lowest BCUT2D eigenvalue weighted by Gasteiger charge is -2.18. The number of nitro groups is 1. The Hall–Kier alpha value is -4.00. The van der Waals surface area contributed by atoms with Crippen LogP contribution in [0.5, 0.6) is 0 Å². The third kappa shape index (κ3) is 5.04. The van der Waals surface area contributed by atoms with Crippen LogP contribution in [0.4, 0.5) is 11.4 Å². The first-order chi connectivity index (χ1) is 13.9. The molecule has 0 spiro atoms.